The van der Waals surface area contributed by atoms with E-state index in [1.54, 1.807) is 49.7 Å². The maximum absolute atomic E-state index is 13.1. The van der Waals surface area contributed by atoms with Crippen molar-refractivity contribution >= 4 is 34.5 Å². The number of hydrogen-bond donors (Lipinski definition) is 2. The van der Waals surface area contributed by atoms with E-state index in [4.69, 9.17) is 9.15 Å². The number of nitrogens with zero attached hydrogens (tertiary/aromatic N) is 5. The third-order valence-corrected chi connectivity index (χ3v) is 6.11. The number of hydrogen-bond acceptors (Lipinski definition) is 9. The number of aryl methyl sites for hydroxylation is 1. The molecule has 0 aliphatic carbocycles. The van der Waals surface area contributed by atoms with E-state index < -0.39 is 5.76 Å². The zero-order valence-corrected chi connectivity index (χ0v) is 20.3. The predicted octanol–water partition coefficient (Wildman–Crippen LogP) is 2.71. The molecule has 4 aromatic rings. The molecule has 2 N–H and O–H groups in total. The summed E-state index contributed by atoms with van der Waals surface area (Å²) in [5, 5.41) is 3.15. The van der Waals surface area contributed by atoms with E-state index in [0.29, 0.717) is 47.0 Å². The average molecular weight is 490 g/mol. The van der Waals surface area contributed by atoms with Crippen molar-refractivity contribution < 1.29 is 13.9 Å². The van der Waals surface area contributed by atoms with E-state index in [0.717, 1.165) is 18.7 Å². The number of methoxy groups -OCH3 is 1. The van der Waals surface area contributed by atoms with Gasteiger partial charge in [-0.15, -0.1) is 0 Å². The highest BCUT2D eigenvalue weighted by molar-refractivity contribution is 5.96. The summed E-state index contributed by atoms with van der Waals surface area (Å²) in [6.07, 6.45) is 1.64. The minimum absolute atomic E-state index is 0.0524. The van der Waals surface area contributed by atoms with Crippen LogP contribution in [-0.2, 0) is 0 Å². The lowest BCUT2D eigenvalue weighted by molar-refractivity contribution is 0.0664. The number of rotatable bonds is 6. The van der Waals surface area contributed by atoms with Crippen LogP contribution < -0.4 is 21.2 Å². The van der Waals surface area contributed by atoms with Gasteiger partial charge in [-0.2, -0.15) is 9.66 Å². The number of ether oxygens (including phenoxy) is 1. The molecule has 0 unspecified atom stereocenters. The minimum Gasteiger partial charge on any atom is -0.497 e. The summed E-state index contributed by atoms with van der Waals surface area (Å²) in [6.45, 7) is 4.85. The molecule has 3 heterocycles. The zero-order valence-electron chi connectivity index (χ0n) is 20.3. The van der Waals surface area contributed by atoms with Gasteiger partial charge in [0.25, 0.3) is 5.91 Å². The van der Waals surface area contributed by atoms with Crippen molar-refractivity contribution in [3.8, 4) is 5.75 Å². The third-order valence-electron chi connectivity index (χ3n) is 6.11. The van der Waals surface area contributed by atoms with E-state index in [9.17, 15) is 9.59 Å². The summed E-state index contributed by atoms with van der Waals surface area (Å²) in [5.41, 5.74) is 5.93. The van der Waals surface area contributed by atoms with E-state index in [2.05, 4.69) is 25.6 Å². The molecule has 186 valence electrons. The zero-order chi connectivity index (χ0) is 25.2. The molecule has 1 fully saturated rings. The normalized spacial score (nSPS) is 14.1. The summed E-state index contributed by atoms with van der Waals surface area (Å²) in [4.78, 5) is 38.5. The van der Waals surface area contributed by atoms with Crippen LogP contribution in [0.3, 0.4) is 0 Å². The maximum atomic E-state index is 13.1. The fourth-order valence-corrected chi connectivity index (χ4v) is 4.03. The number of carbonyl (C=O) groups is 1. The highest BCUT2D eigenvalue weighted by Gasteiger charge is 2.21. The van der Waals surface area contributed by atoms with Crippen LogP contribution in [0.15, 0.2) is 57.9 Å². The topological polar surface area (TPSA) is 118 Å². The molecule has 0 radical (unpaired) electrons. The Balaban J connectivity index is 1.41. The number of amides is 1. The summed E-state index contributed by atoms with van der Waals surface area (Å²) in [7, 11) is 3.60. The molecule has 0 spiro atoms. The molecule has 1 amide bonds. The molecule has 1 aliphatic rings. The third kappa shape index (κ3) is 4.73. The largest absolute Gasteiger partial charge is 0.497 e. The molecule has 0 atom stereocenters. The Morgan fingerprint density at radius 1 is 1.11 bits per heavy atom. The first kappa shape index (κ1) is 23.4. The Morgan fingerprint density at radius 2 is 1.89 bits per heavy atom. The van der Waals surface area contributed by atoms with Gasteiger partial charge in [0.1, 0.15) is 11.3 Å². The van der Waals surface area contributed by atoms with Gasteiger partial charge in [-0.1, -0.05) is 12.1 Å². The van der Waals surface area contributed by atoms with Gasteiger partial charge in [0, 0.05) is 55.3 Å². The SMILES string of the molecule is COc1cc(Nc2ncc(C)c(Nn3c(=O)oc4ccccc43)n2)cc(C(=O)N2CCN(C)CC2)c1. The van der Waals surface area contributed by atoms with Crippen LogP contribution in [0.4, 0.5) is 17.5 Å². The van der Waals surface area contributed by atoms with E-state index in [1.807, 2.05) is 24.9 Å². The van der Waals surface area contributed by atoms with Crippen LogP contribution in [0, 0.1) is 6.92 Å². The summed E-state index contributed by atoms with van der Waals surface area (Å²) < 4.78 is 12.0. The number of oxazole rings is 1. The van der Waals surface area contributed by atoms with E-state index >= 15 is 0 Å². The molecule has 11 heteroatoms. The van der Waals surface area contributed by atoms with Gasteiger partial charge in [-0.25, -0.2) is 9.78 Å². The second-order valence-electron chi connectivity index (χ2n) is 8.68. The smallest absolute Gasteiger partial charge is 0.439 e. The minimum atomic E-state index is -0.552. The molecule has 36 heavy (non-hydrogen) atoms. The number of likely N-dealkylation sites (N-methyl/N-ethyl adjacent to an activating group) is 1. The standard InChI is InChI=1S/C25H27N7O4/c1-16-15-26-24(28-22(16)29-32-20-6-4-5-7-21(20)36-25(32)34)27-18-12-17(13-19(14-18)35-3)23(33)31-10-8-30(2)9-11-31/h4-7,12-15H,8-11H2,1-3H3,(H2,26,27,28,29). The van der Waals surface area contributed by atoms with Crippen LogP contribution in [-0.4, -0.2) is 70.7 Å². The number of carbonyl (C=O) groups excluding carboxylic acids is 1. The van der Waals surface area contributed by atoms with Crippen LogP contribution in [0.2, 0.25) is 0 Å². The highest BCUT2D eigenvalue weighted by atomic mass is 16.5. The van der Waals surface area contributed by atoms with E-state index in [1.165, 1.54) is 4.68 Å². The van der Waals surface area contributed by atoms with Crippen molar-refractivity contribution in [3.05, 3.63) is 70.3 Å². The molecule has 2 aromatic heterocycles. The van der Waals surface area contributed by atoms with Gasteiger partial charge in [0.15, 0.2) is 11.4 Å². The van der Waals surface area contributed by atoms with Gasteiger partial charge in [0.2, 0.25) is 5.95 Å². The predicted molar refractivity (Wildman–Crippen MR) is 136 cm³/mol. The molecular weight excluding hydrogens is 462 g/mol. The van der Waals surface area contributed by atoms with Gasteiger partial charge in [-0.3, -0.25) is 10.2 Å². The fourth-order valence-electron chi connectivity index (χ4n) is 4.03. The second-order valence-corrected chi connectivity index (χ2v) is 8.68. The van der Waals surface area contributed by atoms with Crippen LogP contribution in [0.5, 0.6) is 5.75 Å². The number of nitrogens with one attached hydrogen (secondary N) is 2. The Morgan fingerprint density at radius 3 is 2.67 bits per heavy atom. The molecule has 0 bridgehead atoms. The number of para-hydroxylation sites is 2. The number of benzene rings is 2. The van der Waals surface area contributed by atoms with Gasteiger partial charge >= 0.3 is 5.76 Å². The Kier molecular flexibility index (Phi) is 6.30. The first-order valence-corrected chi connectivity index (χ1v) is 11.6. The first-order valence-electron chi connectivity index (χ1n) is 11.6. The van der Waals surface area contributed by atoms with Crippen molar-refractivity contribution in [1.82, 2.24) is 24.4 Å². The maximum Gasteiger partial charge on any atom is 0.439 e. The lowest BCUT2D eigenvalue weighted by atomic mass is 10.1. The quantitative estimate of drug-likeness (QED) is 0.421. The molecule has 11 nitrogen and oxygen atoms in total. The number of fused-ring (bicyclic) bond motifs is 1. The Labute approximate surface area is 207 Å². The lowest BCUT2D eigenvalue weighted by Crippen LogP contribution is -2.47. The van der Waals surface area contributed by atoms with Crippen LogP contribution in [0.1, 0.15) is 15.9 Å². The second kappa shape index (κ2) is 9.70. The lowest BCUT2D eigenvalue weighted by Gasteiger charge is -2.32. The van der Waals surface area contributed by atoms with Crippen molar-refractivity contribution in [2.75, 3.05) is 51.1 Å². The molecule has 0 saturated carbocycles. The fraction of sp³-hybridized carbons (Fsp3) is 0.280. The highest BCUT2D eigenvalue weighted by Crippen LogP contribution is 2.25. The summed E-state index contributed by atoms with van der Waals surface area (Å²) in [5.74, 6) is 0.652. The van der Waals surface area contributed by atoms with Gasteiger partial charge in [-0.05, 0) is 38.2 Å². The Bertz CT molecular complexity index is 1470. The van der Waals surface area contributed by atoms with Crippen LogP contribution in [0.25, 0.3) is 11.1 Å². The van der Waals surface area contributed by atoms with Crippen molar-refractivity contribution in [2.24, 2.45) is 0 Å². The molecule has 5 rings (SSSR count). The number of anilines is 3. The monoisotopic (exact) mass is 489 g/mol. The molecule has 1 aliphatic heterocycles. The average Bonchev–Trinajstić information content (AvgIpc) is 3.20. The summed E-state index contributed by atoms with van der Waals surface area (Å²) in [6, 6.07) is 12.4. The molecular formula is C25H27N7O4. The first-order chi connectivity index (χ1) is 17.4. The van der Waals surface area contributed by atoms with Gasteiger partial charge in [0.05, 0.1) is 7.11 Å². The molecule has 1 saturated heterocycles. The number of aromatic nitrogens is 3. The van der Waals surface area contributed by atoms with Crippen LogP contribution >= 0.6 is 0 Å². The van der Waals surface area contributed by atoms with Crippen molar-refractivity contribution in [2.45, 2.75) is 6.92 Å². The van der Waals surface area contributed by atoms with Gasteiger partial charge < -0.3 is 24.3 Å². The Hall–Kier alpha value is -4.38. The van der Waals surface area contributed by atoms with Crippen molar-refractivity contribution in [3.63, 3.8) is 0 Å². The molecule has 2 aromatic carbocycles. The van der Waals surface area contributed by atoms with Crippen molar-refractivity contribution in [1.29, 1.82) is 0 Å². The number of piperazine rings is 1. The van der Waals surface area contributed by atoms with E-state index in [-0.39, 0.29) is 11.9 Å². The summed E-state index contributed by atoms with van der Waals surface area (Å²) >= 11 is 0.